The maximum atomic E-state index is 13.1. The zero-order valence-electron chi connectivity index (χ0n) is 17.4. The third-order valence-electron chi connectivity index (χ3n) is 4.88. The number of carbonyl (C=O) groups excluding carboxylic acids is 1. The van der Waals surface area contributed by atoms with Gasteiger partial charge in [-0.15, -0.1) is 0 Å². The molecule has 1 saturated heterocycles. The summed E-state index contributed by atoms with van der Waals surface area (Å²) in [7, 11) is -3.76. The van der Waals surface area contributed by atoms with Gasteiger partial charge in [0.1, 0.15) is 10.6 Å². The van der Waals surface area contributed by atoms with Crippen LogP contribution in [0.15, 0.2) is 47.4 Å². The van der Waals surface area contributed by atoms with E-state index in [2.05, 4.69) is 5.32 Å². The van der Waals surface area contributed by atoms with E-state index in [1.54, 1.807) is 19.1 Å². The molecule has 1 N–H and O–H groups in total. The van der Waals surface area contributed by atoms with Crippen molar-refractivity contribution in [2.45, 2.75) is 31.6 Å². The molecule has 1 heterocycles. The predicted octanol–water partition coefficient (Wildman–Crippen LogP) is 2.99. The molecule has 1 aliphatic heterocycles. The van der Waals surface area contributed by atoms with Gasteiger partial charge in [-0.3, -0.25) is 4.79 Å². The Morgan fingerprint density at radius 1 is 1.13 bits per heavy atom. The summed E-state index contributed by atoms with van der Waals surface area (Å²) in [5.41, 5.74) is 2.68. The molecule has 7 nitrogen and oxygen atoms in total. The Balaban J connectivity index is 1.74. The number of rotatable bonds is 8. The van der Waals surface area contributed by atoms with Gasteiger partial charge >= 0.3 is 0 Å². The van der Waals surface area contributed by atoms with Crippen LogP contribution in [-0.2, 0) is 26.0 Å². The van der Waals surface area contributed by atoms with Crippen LogP contribution in [0.25, 0.3) is 0 Å². The fraction of sp³-hybridized carbons (Fsp3) is 0.409. The van der Waals surface area contributed by atoms with Crippen molar-refractivity contribution in [3.05, 3.63) is 53.6 Å². The first-order valence-corrected chi connectivity index (χ1v) is 11.5. The van der Waals surface area contributed by atoms with Gasteiger partial charge in [0.2, 0.25) is 15.9 Å². The molecular formula is C22H28N2O5S. The number of nitrogens with zero attached hydrogens (tertiary/aromatic N) is 1. The number of anilines is 1. The van der Waals surface area contributed by atoms with Gasteiger partial charge in [0.05, 0.1) is 19.8 Å². The maximum Gasteiger partial charge on any atom is 0.246 e. The summed E-state index contributed by atoms with van der Waals surface area (Å²) in [6.07, 6.45) is 0.921. The summed E-state index contributed by atoms with van der Waals surface area (Å²) < 4.78 is 38.5. The van der Waals surface area contributed by atoms with Crippen molar-refractivity contribution < 1.29 is 22.7 Å². The van der Waals surface area contributed by atoms with E-state index in [1.807, 2.05) is 31.2 Å². The molecule has 2 aromatic carbocycles. The maximum absolute atomic E-state index is 13.1. The molecule has 0 atom stereocenters. The average Bonchev–Trinajstić information content (AvgIpc) is 2.75. The standard InChI is InChI=1S/C22H28N2O5S/c1-3-29-20-10-9-19(16-21(20)30(26,27)24-12-14-28-15-13-24)23-22(25)11-8-18-6-4-17(2)5-7-18/h4-7,9-10,16H,3,8,11-15H2,1-2H3,(H,23,25). The fourth-order valence-electron chi connectivity index (χ4n) is 3.22. The molecule has 0 aromatic heterocycles. The lowest BCUT2D eigenvalue weighted by Gasteiger charge is -2.27. The topological polar surface area (TPSA) is 84.9 Å². The minimum Gasteiger partial charge on any atom is -0.492 e. The number of hydrogen-bond acceptors (Lipinski definition) is 5. The molecule has 1 aliphatic rings. The lowest BCUT2D eigenvalue weighted by molar-refractivity contribution is -0.116. The first kappa shape index (κ1) is 22.3. The van der Waals surface area contributed by atoms with E-state index in [-0.39, 0.29) is 16.6 Å². The van der Waals surface area contributed by atoms with Gasteiger partial charge in [-0.25, -0.2) is 8.42 Å². The van der Waals surface area contributed by atoms with Gasteiger partial charge in [-0.2, -0.15) is 4.31 Å². The van der Waals surface area contributed by atoms with Gasteiger partial charge in [-0.05, 0) is 44.0 Å². The molecule has 0 radical (unpaired) electrons. The zero-order valence-corrected chi connectivity index (χ0v) is 18.2. The van der Waals surface area contributed by atoms with Crippen molar-refractivity contribution in [1.82, 2.24) is 4.31 Å². The number of amides is 1. The lowest BCUT2D eigenvalue weighted by Crippen LogP contribution is -2.40. The zero-order chi connectivity index (χ0) is 21.6. The Kier molecular flexibility index (Phi) is 7.47. The predicted molar refractivity (Wildman–Crippen MR) is 115 cm³/mol. The van der Waals surface area contributed by atoms with E-state index in [9.17, 15) is 13.2 Å². The molecular weight excluding hydrogens is 404 g/mol. The SMILES string of the molecule is CCOc1ccc(NC(=O)CCc2ccc(C)cc2)cc1S(=O)(=O)N1CCOCC1. The van der Waals surface area contributed by atoms with E-state index < -0.39 is 10.0 Å². The first-order valence-electron chi connectivity index (χ1n) is 10.1. The Morgan fingerprint density at radius 3 is 2.50 bits per heavy atom. The Bertz CT molecular complexity index is 968. The third kappa shape index (κ3) is 5.59. The molecule has 8 heteroatoms. The molecule has 1 fully saturated rings. The minimum absolute atomic E-state index is 0.0579. The van der Waals surface area contributed by atoms with Crippen LogP contribution in [-0.4, -0.2) is 51.5 Å². The monoisotopic (exact) mass is 432 g/mol. The van der Waals surface area contributed by atoms with Crippen molar-refractivity contribution in [2.75, 3.05) is 38.2 Å². The normalized spacial score (nSPS) is 15.0. The van der Waals surface area contributed by atoms with Crippen molar-refractivity contribution in [2.24, 2.45) is 0 Å². The number of hydrogen-bond donors (Lipinski definition) is 1. The summed E-state index contributed by atoms with van der Waals surface area (Å²) in [4.78, 5) is 12.5. The molecule has 0 bridgehead atoms. The Hall–Kier alpha value is -2.42. The van der Waals surface area contributed by atoms with E-state index in [4.69, 9.17) is 9.47 Å². The average molecular weight is 433 g/mol. The second-order valence-electron chi connectivity index (χ2n) is 7.14. The first-order chi connectivity index (χ1) is 14.4. The molecule has 2 aromatic rings. The van der Waals surface area contributed by atoms with Crippen LogP contribution < -0.4 is 10.1 Å². The number of sulfonamides is 1. The lowest BCUT2D eigenvalue weighted by atomic mass is 10.1. The highest BCUT2D eigenvalue weighted by atomic mass is 32.2. The van der Waals surface area contributed by atoms with Gasteiger partial charge in [0.25, 0.3) is 0 Å². The Labute approximate surface area is 178 Å². The van der Waals surface area contributed by atoms with Crippen LogP contribution in [0.2, 0.25) is 0 Å². The van der Waals surface area contributed by atoms with E-state index in [1.165, 1.54) is 15.9 Å². The van der Waals surface area contributed by atoms with Gasteiger partial charge < -0.3 is 14.8 Å². The highest BCUT2D eigenvalue weighted by Gasteiger charge is 2.29. The van der Waals surface area contributed by atoms with E-state index in [0.29, 0.717) is 51.4 Å². The minimum atomic E-state index is -3.76. The fourth-order valence-corrected chi connectivity index (χ4v) is 4.79. The molecule has 0 aliphatic carbocycles. The number of nitrogens with one attached hydrogen (secondary N) is 1. The summed E-state index contributed by atoms with van der Waals surface area (Å²) in [5, 5.41) is 2.81. The van der Waals surface area contributed by atoms with E-state index >= 15 is 0 Å². The summed E-state index contributed by atoms with van der Waals surface area (Å²) in [6.45, 7) is 5.46. The summed E-state index contributed by atoms with van der Waals surface area (Å²) in [6, 6.07) is 12.8. The van der Waals surface area contributed by atoms with Crippen LogP contribution in [0.1, 0.15) is 24.5 Å². The van der Waals surface area contributed by atoms with Gasteiger partial charge in [0.15, 0.2) is 0 Å². The van der Waals surface area contributed by atoms with Gasteiger partial charge in [0, 0.05) is 25.2 Å². The number of benzene rings is 2. The van der Waals surface area contributed by atoms with Crippen LogP contribution in [0.5, 0.6) is 5.75 Å². The Morgan fingerprint density at radius 2 is 1.83 bits per heavy atom. The smallest absolute Gasteiger partial charge is 0.246 e. The number of morpholine rings is 1. The molecule has 0 saturated carbocycles. The van der Waals surface area contributed by atoms with Crippen LogP contribution in [0.4, 0.5) is 5.69 Å². The summed E-state index contributed by atoms with van der Waals surface area (Å²) >= 11 is 0. The van der Waals surface area contributed by atoms with Crippen molar-refractivity contribution in [3.63, 3.8) is 0 Å². The molecule has 30 heavy (non-hydrogen) atoms. The summed E-state index contributed by atoms with van der Waals surface area (Å²) in [5.74, 6) is 0.108. The van der Waals surface area contributed by atoms with Crippen LogP contribution in [0.3, 0.4) is 0 Å². The van der Waals surface area contributed by atoms with E-state index in [0.717, 1.165) is 5.56 Å². The van der Waals surface area contributed by atoms with Crippen molar-refractivity contribution in [1.29, 1.82) is 0 Å². The largest absolute Gasteiger partial charge is 0.492 e. The number of aryl methyl sites for hydroxylation is 2. The highest BCUT2D eigenvalue weighted by Crippen LogP contribution is 2.30. The van der Waals surface area contributed by atoms with Crippen molar-refractivity contribution in [3.8, 4) is 5.75 Å². The van der Waals surface area contributed by atoms with Crippen molar-refractivity contribution >= 4 is 21.6 Å². The molecule has 3 rings (SSSR count). The molecule has 0 spiro atoms. The second kappa shape index (κ2) is 10.1. The van der Waals surface area contributed by atoms with Gasteiger partial charge in [-0.1, -0.05) is 29.8 Å². The molecule has 1 amide bonds. The number of ether oxygens (including phenoxy) is 2. The molecule has 0 unspecified atom stereocenters. The molecule has 162 valence electrons. The van der Waals surface area contributed by atoms with Crippen LogP contribution in [0, 0.1) is 6.92 Å². The number of carbonyl (C=O) groups is 1. The quantitative estimate of drug-likeness (QED) is 0.693. The second-order valence-corrected chi connectivity index (χ2v) is 9.05. The third-order valence-corrected chi connectivity index (χ3v) is 6.80. The van der Waals surface area contributed by atoms with Crippen LogP contribution >= 0.6 is 0 Å². The highest BCUT2D eigenvalue weighted by molar-refractivity contribution is 7.89.